The summed E-state index contributed by atoms with van der Waals surface area (Å²) < 4.78 is 13.6. The van der Waals surface area contributed by atoms with E-state index in [9.17, 15) is 14.0 Å². The molecule has 0 aliphatic heterocycles. The van der Waals surface area contributed by atoms with Gasteiger partial charge < -0.3 is 10.6 Å². The van der Waals surface area contributed by atoms with Crippen LogP contribution in [0, 0.1) is 5.82 Å². The first-order chi connectivity index (χ1) is 11.2. The minimum Gasteiger partial charge on any atom is -0.346 e. The van der Waals surface area contributed by atoms with Crippen molar-refractivity contribution in [1.82, 2.24) is 10.3 Å². The number of benzene rings is 1. The van der Waals surface area contributed by atoms with Crippen LogP contribution in [-0.4, -0.2) is 22.3 Å². The van der Waals surface area contributed by atoms with Gasteiger partial charge in [0.15, 0.2) is 0 Å². The molecule has 1 aromatic carbocycles. The summed E-state index contributed by atoms with van der Waals surface area (Å²) in [5, 5.41) is 5.45. The molecule has 0 atom stereocenters. The van der Waals surface area contributed by atoms with Crippen LogP contribution in [0.4, 0.5) is 10.1 Å². The lowest BCUT2D eigenvalue weighted by Crippen LogP contribution is -2.40. The van der Waals surface area contributed by atoms with Gasteiger partial charge in [-0.1, -0.05) is 18.2 Å². The van der Waals surface area contributed by atoms with E-state index >= 15 is 0 Å². The third kappa shape index (κ3) is 5.15. The number of rotatable bonds is 4. The lowest BCUT2D eigenvalue weighted by molar-refractivity contribution is -0.115. The zero-order valence-electron chi connectivity index (χ0n) is 13.9. The Hall–Kier alpha value is -2.76. The van der Waals surface area contributed by atoms with Crippen LogP contribution in [0.1, 0.15) is 36.8 Å². The molecule has 0 aliphatic rings. The summed E-state index contributed by atoms with van der Waals surface area (Å²) in [6.07, 6.45) is 1.36. The molecule has 0 saturated heterocycles. The molecule has 24 heavy (non-hydrogen) atoms. The lowest BCUT2D eigenvalue weighted by atomic mass is 10.1. The van der Waals surface area contributed by atoms with Gasteiger partial charge in [-0.2, -0.15) is 0 Å². The largest absolute Gasteiger partial charge is 0.346 e. The standard InChI is InChI=1S/C18H20FN3O2/c1-18(2,3)22-17(24)15-11-13(8-9-20-15)21-16(23)10-12-6-4-5-7-14(12)19/h4-9,11H,10H2,1-3H3,(H,22,24)(H,20,21,23). The van der Waals surface area contributed by atoms with E-state index in [2.05, 4.69) is 15.6 Å². The summed E-state index contributed by atoms with van der Waals surface area (Å²) in [5.41, 5.74) is 0.567. The van der Waals surface area contributed by atoms with Gasteiger partial charge in [-0.3, -0.25) is 14.6 Å². The topological polar surface area (TPSA) is 71.1 Å². The quantitative estimate of drug-likeness (QED) is 0.906. The third-order valence-corrected chi connectivity index (χ3v) is 3.07. The monoisotopic (exact) mass is 329 g/mol. The summed E-state index contributed by atoms with van der Waals surface area (Å²) in [6, 6.07) is 9.17. The Balaban J connectivity index is 2.05. The molecule has 0 bridgehead atoms. The number of halogens is 1. The van der Waals surface area contributed by atoms with E-state index < -0.39 is 5.82 Å². The van der Waals surface area contributed by atoms with Crippen LogP contribution < -0.4 is 10.6 Å². The second kappa shape index (κ2) is 7.21. The van der Waals surface area contributed by atoms with Gasteiger partial charge in [-0.05, 0) is 44.5 Å². The Morgan fingerprint density at radius 1 is 1.17 bits per heavy atom. The van der Waals surface area contributed by atoms with Gasteiger partial charge in [0.2, 0.25) is 5.91 Å². The van der Waals surface area contributed by atoms with E-state index in [1.54, 1.807) is 24.3 Å². The number of nitrogens with zero attached hydrogens (tertiary/aromatic N) is 1. The van der Waals surface area contributed by atoms with E-state index in [-0.39, 0.29) is 29.5 Å². The smallest absolute Gasteiger partial charge is 0.270 e. The molecule has 5 nitrogen and oxygen atoms in total. The molecule has 0 radical (unpaired) electrons. The highest BCUT2D eigenvalue weighted by Gasteiger charge is 2.17. The molecule has 2 amide bonds. The van der Waals surface area contributed by atoms with Crippen LogP contribution in [-0.2, 0) is 11.2 Å². The number of hydrogen-bond acceptors (Lipinski definition) is 3. The molecular weight excluding hydrogens is 309 g/mol. The van der Waals surface area contributed by atoms with Crippen molar-refractivity contribution in [2.24, 2.45) is 0 Å². The Morgan fingerprint density at radius 2 is 1.88 bits per heavy atom. The van der Waals surface area contributed by atoms with Gasteiger partial charge in [0.05, 0.1) is 6.42 Å². The van der Waals surface area contributed by atoms with Gasteiger partial charge in [0, 0.05) is 17.4 Å². The maximum atomic E-state index is 13.6. The van der Waals surface area contributed by atoms with Crippen molar-refractivity contribution >= 4 is 17.5 Å². The van der Waals surface area contributed by atoms with Crippen molar-refractivity contribution in [1.29, 1.82) is 0 Å². The summed E-state index contributed by atoms with van der Waals surface area (Å²) in [6.45, 7) is 5.60. The molecule has 0 unspecified atom stereocenters. The second-order valence-corrected chi connectivity index (χ2v) is 6.45. The zero-order valence-corrected chi connectivity index (χ0v) is 13.9. The van der Waals surface area contributed by atoms with Crippen LogP contribution in [0.5, 0.6) is 0 Å². The van der Waals surface area contributed by atoms with Crippen molar-refractivity contribution in [3.05, 3.63) is 59.7 Å². The number of pyridine rings is 1. The maximum absolute atomic E-state index is 13.6. The summed E-state index contributed by atoms with van der Waals surface area (Å²) in [5.74, 6) is -1.12. The highest BCUT2D eigenvalue weighted by atomic mass is 19.1. The summed E-state index contributed by atoms with van der Waals surface area (Å²) in [4.78, 5) is 28.1. The molecule has 0 saturated carbocycles. The molecule has 0 spiro atoms. The van der Waals surface area contributed by atoms with Crippen molar-refractivity contribution in [2.45, 2.75) is 32.7 Å². The predicted octanol–water partition coefficient (Wildman–Crippen LogP) is 2.93. The number of nitrogens with one attached hydrogen (secondary N) is 2. The number of hydrogen-bond donors (Lipinski definition) is 2. The van der Waals surface area contributed by atoms with Crippen LogP contribution in [0.2, 0.25) is 0 Å². The highest BCUT2D eigenvalue weighted by molar-refractivity contribution is 5.96. The average molecular weight is 329 g/mol. The normalized spacial score (nSPS) is 11.0. The first-order valence-electron chi connectivity index (χ1n) is 7.56. The minimum absolute atomic E-state index is 0.0848. The highest BCUT2D eigenvalue weighted by Crippen LogP contribution is 2.12. The van der Waals surface area contributed by atoms with Crippen LogP contribution in [0.3, 0.4) is 0 Å². The van der Waals surface area contributed by atoms with Gasteiger partial charge in [-0.25, -0.2) is 4.39 Å². The first-order valence-corrected chi connectivity index (χ1v) is 7.56. The molecule has 1 aromatic heterocycles. The number of carbonyl (C=O) groups excluding carboxylic acids is 2. The van der Waals surface area contributed by atoms with E-state index in [1.807, 2.05) is 20.8 Å². The SMILES string of the molecule is CC(C)(C)NC(=O)c1cc(NC(=O)Cc2ccccc2F)ccn1. The average Bonchev–Trinajstić information content (AvgIpc) is 2.48. The molecule has 126 valence electrons. The van der Waals surface area contributed by atoms with Gasteiger partial charge >= 0.3 is 0 Å². The first kappa shape index (κ1) is 17.6. The van der Waals surface area contributed by atoms with E-state index in [4.69, 9.17) is 0 Å². The molecule has 2 aromatic rings. The van der Waals surface area contributed by atoms with Crippen molar-refractivity contribution in [3.8, 4) is 0 Å². The van der Waals surface area contributed by atoms with Crippen LogP contribution >= 0.6 is 0 Å². The van der Waals surface area contributed by atoms with Gasteiger partial charge in [-0.15, -0.1) is 0 Å². The number of aromatic nitrogens is 1. The predicted molar refractivity (Wildman–Crippen MR) is 90.2 cm³/mol. The van der Waals surface area contributed by atoms with Crippen LogP contribution in [0.15, 0.2) is 42.6 Å². The zero-order chi connectivity index (χ0) is 17.7. The van der Waals surface area contributed by atoms with Gasteiger partial charge in [0.1, 0.15) is 11.5 Å². The molecule has 0 fully saturated rings. The third-order valence-electron chi connectivity index (χ3n) is 3.07. The lowest BCUT2D eigenvalue weighted by Gasteiger charge is -2.20. The van der Waals surface area contributed by atoms with E-state index in [0.29, 0.717) is 11.3 Å². The van der Waals surface area contributed by atoms with Gasteiger partial charge in [0.25, 0.3) is 5.91 Å². The Labute approximate surface area is 140 Å². The van der Waals surface area contributed by atoms with E-state index in [1.165, 1.54) is 18.3 Å². The van der Waals surface area contributed by atoms with Crippen molar-refractivity contribution in [3.63, 3.8) is 0 Å². The minimum atomic E-state index is -0.423. The Kier molecular flexibility index (Phi) is 5.28. The Bertz CT molecular complexity index is 754. The number of anilines is 1. The van der Waals surface area contributed by atoms with Crippen molar-refractivity contribution in [2.75, 3.05) is 5.32 Å². The molecule has 1 heterocycles. The Morgan fingerprint density at radius 3 is 2.54 bits per heavy atom. The van der Waals surface area contributed by atoms with Crippen LogP contribution in [0.25, 0.3) is 0 Å². The summed E-state index contributed by atoms with van der Waals surface area (Å²) in [7, 11) is 0. The summed E-state index contributed by atoms with van der Waals surface area (Å²) >= 11 is 0. The fourth-order valence-corrected chi connectivity index (χ4v) is 2.06. The second-order valence-electron chi connectivity index (χ2n) is 6.45. The fraction of sp³-hybridized carbons (Fsp3) is 0.278. The molecule has 6 heteroatoms. The molecule has 0 aliphatic carbocycles. The number of carbonyl (C=O) groups is 2. The van der Waals surface area contributed by atoms with Crippen molar-refractivity contribution < 1.29 is 14.0 Å². The fourth-order valence-electron chi connectivity index (χ4n) is 2.06. The molecule has 2 rings (SSSR count). The number of amides is 2. The van der Waals surface area contributed by atoms with E-state index in [0.717, 1.165) is 0 Å². The molecule has 2 N–H and O–H groups in total. The molecular formula is C18H20FN3O2. The maximum Gasteiger partial charge on any atom is 0.270 e.